The topological polar surface area (TPSA) is 38.1 Å². The molecule has 3 aromatic carbocycles. The van der Waals surface area contributed by atoms with Gasteiger partial charge >= 0.3 is 0 Å². The van der Waals surface area contributed by atoms with E-state index in [9.17, 15) is 4.79 Å². The van der Waals surface area contributed by atoms with Gasteiger partial charge in [-0.3, -0.25) is 4.79 Å². The number of carbonyl (C=O) groups is 1. The van der Waals surface area contributed by atoms with Crippen LogP contribution in [0.1, 0.15) is 21.6 Å². The van der Waals surface area contributed by atoms with Crippen molar-refractivity contribution in [2.75, 3.05) is 7.05 Å². The van der Waals surface area contributed by atoms with Crippen LogP contribution in [-0.2, 0) is 6.54 Å². The Labute approximate surface area is 171 Å². The molecule has 4 heteroatoms. The molecule has 1 aromatic heterocycles. The Bertz CT molecular complexity index is 1100. The van der Waals surface area contributed by atoms with Crippen molar-refractivity contribution < 1.29 is 4.79 Å². The highest BCUT2D eigenvalue weighted by atomic mass is 16.2. The highest BCUT2D eigenvalue weighted by molar-refractivity contribution is 6.01. The monoisotopic (exact) mass is 381 g/mol. The second kappa shape index (κ2) is 8.15. The van der Waals surface area contributed by atoms with Gasteiger partial charge in [-0.15, -0.1) is 0 Å². The Hall–Kier alpha value is -3.66. The number of para-hydroxylation sites is 1. The molecule has 0 aliphatic carbocycles. The molecule has 0 saturated carbocycles. The zero-order valence-corrected chi connectivity index (χ0v) is 16.6. The molecule has 0 fully saturated rings. The molecule has 0 unspecified atom stereocenters. The minimum absolute atomic E-state index is 0.0348. The highest BCUT2D eigenvalue weighted by Gasteiger charge is 2.25. The Balaban J connectivity index is 1.80. The maximum atomic E-state index is 13.5. The summed E-state index contributed by atoms with van der Waals surface area (Å²) in [5, 5.41) is 4.74. The molecule has 0 saturated heterocycles. The van der Waals surface area contributed by atoms with Crippen LogP contribution in [0.15, 0.2) is 91.0 Å². The summed E-state index contributed by atoms with van der Waals surface area (Å²) in [5.74, 6) is -0.0348. The van der Waals surface area contributed by atoms with Gasteiger partial charge in [0.05, 0.1) is 22.6 Å². The first-order valence-electron chi connectivity index (χ1n) is 9.65. The minimum Gasteiger partial charge on any atom is -0.337 e. The molecule has 144 valence electrons. The maximum absolute atomic E-state index is 13.5. The summed E-state index contributed by atoms with van der Waals surface area (Å²) in [4.78, 5) is 15.2. The number of rotatable bonds is 5. The molecule has 1 heterocycles. The van der Waals surface area contributed by atoms with Crippen molar-refractivity contribution in [2.24, 2.45) is 0 Å². The number of aryl methyl sites for hydroxylation is 1. The van der Waals surface area contributed by atoms with Crippen LogP contribution in [0.2, 0.25) is 0 Å². The van der Waals surface area contributed by atoms with Crippen LogP contribution in [0.3, 0.4) is 0 Å². The number of hydrogen-bond donors (Lipinski definition) is 0. The zero-order valence-electron chi connectivity index (χ0n) is 16.6. The summed E-state index contributed by atoms with van der Waals surface area (Å²) < 4.78 is 1.87. The Morgan fingerprint density at radius 2 is 1.41 bits per heavy atom. The third kappa shape index (κ3) is 3.83. The van der Waals surface area contributed by atoms with Gasteiger partial charge in [-0.2, -0.15) is 5.10 Å². The van der Waals surface area contributed by atoms with Crippen molar-refractivity contribution in [3.8, 4) is 16.9 Å². The van der Waals surface area contributed by atoms with E-state index in [4.69, 9.17) is 5.10 Å². The van der Waals surface area contributed by atoms with Crippen molar-refractivity contribution >= 4 is 5.91 Å². The number of benzene rings is 3. The van der Waals surface area contributed by atoms with Crippen molar-refractivity contribution in [1.29, 1.82) is 0 Å². The predicted octanol–water partition coefficient (Wildman–Crippen LogP) is 5.12. The molecule has 4 nitrogen and oxygen atoms in total. The van der Waals surface area contributed by atoms with Crippen molar-refractivity contribution in [3.05, 3.63) is 108 Å². The van der Waals surface area contributed by atoms with Crippen LogP contribution in [0.5, 0.6) is 0 Å². The summed E-state index contributed by atoms with van der Waals surface area (Å²) in [5.41, 5.74) is 5.17. The van der Waals surface area contributed by atoms with E-state index in [0.29, 0.717) is 12.1 Å². The first-order valence-corrected chi connectivity index (χ1v) is 9.65. The molecule has 4 aromatic rings. The summed E-state index contributed by atoms with van der Waals surface area (Å²) in [6, 6.07) is 29.9. The van der Waals surface area contributed by atoms with Gasteiger partial charge in [0.1, 0.15) is 0 Å². The highest BCUT2D eigenvalue weighted by Crippen LogP contribution is 2.30. The smallest absolute Gasteiger partial charge is 0.258 e. The molecule has 0 N–H and O–H groups in total. The lowest BCUT2D eigenvalue weighted by atomic mass is 10.0. The van der Waals surface area contributed by atoms with Gasteiger partial charge in [0.25, 0.3) is 5.91 Å². The summed E-state index contributed by atoms with van der Waals surface area (Å²) in [7, 11) is 1.84. The first-order chi connectivity index (χ1) is 14.1. The van der Waals surface area contributed by atoms with Gasteiger partial charge in [0, 0.05) is 19.2 Å². The molecular weight excluding hydrogens is 358 g/mol. The Morgan fingerprint density at radius 1 is 0.862 bits per heavy atom. The normalized spacial score (nSPS) is 10.7. The lowest BCUT2D eigenvalue weighted by molar-refractivity contribution is 0.0785. The molecule has 29 heavy (non-hydrogen) atoms. The number of aromatic nitrogens is 2. The molecule has 4 rings (SSSR count). The van der Waals surface area contributed by atoms with Crippen LogP contribution in [0.25, 0.3) is 16.9 Å². The number of amides is 1. The molecule has 0 bridgehead atoms. The fourth-order valence-corrected chi connectivity index (χ4v) is 3.52. The molecule has 0 spiro atoms. The molecular formula is C25H23N3O. The molecule has 0 atom stereocenters. The average molecular weight is 381 g/mol. The molecule has 0 aliphatic rings. The van der Waals surface area contributed by atoms with E-state index in [-0.39, 0.29) is 5.91 Å². The van der Waals surface area contributed by atoms with E-state index < -0.39 is 0 Å². The second-order valence-corrected chi connectivity index (χ2v) is 7.07. The van der Waals surface area contributed by atoms with E-state index in [1.165, 1.54) is 0 Å². The largest absolute Gasteiger partial charge is 0.337 e. The molecule has 1 amide bonds. The number of nitrogens with zero attached hydrogens (tertiary/aromatic N) is 3. The standard InChI is InChI=1S/C25H23N3O/c1-19-23(25(29)27(2)18-20-12-6-3-7-13-20)24(21-14-8-4-9-15-21)28(26-19)22-16-10-5-11-17-22/h3-17H,18H2,1-2H3. The lowest BCUT2D eigenvalue weighted by Gasteiger charge is -2.18. The minimum atomic E-state index is -0.0348. The van der Waals surface area contributed by atoms with Crippen LogP contribution in [0.4, 0.5) is 0 Å². The number of carbonyl (C=O) groups excluding carboxylic acids is 1. The van der Waals surface area contributed by atoms with E-state index in [2.05, 4.69) is 0 Å². The van der Waals surface area contributed by atoms with Crippen LogP contribution in [-0.4, -0.2) is 27.6 Å². The van der Waals surface area contributed by atoms with Gasteiger partial charge in [-0.1, -0.05) is 78.9 Å². The zero-order chi connectivity index (χ0) is 20.2. The summed E-state index contributed by atoms with van der Waals surface area (Å²) in [6.07, 6.45) is 0. The lowest BCUT2D eigenvalue weighted by Crippen LogP contribution is -2.27. The summed E-state index contributed by atoms with van der Waals surface area (Å²) in [6.45, 7) is 2.44. The van der Waals surface area contributed by atoms with Crippen LogP contribution >= 0.6 is 0 Å². The van der Waals surface area contributed by atoms with Crippen molar-refractivity contribution in [3.63, 3.8) is 0 Å². The fraction of sp³-hybridized carbons (Fsp3) is 0.120. The van der Waals surface area contributed by atoms with Crippen LogP contribution in [0, 0.1) is 6.92 Å². The van der Waals surface area contributed by atoms with E-state index in [0.717, 1.165) is 28.2 Å². The Morgan fingerprint density at radius 3 is 2.03 bits per heavy atom. The van der Waals surface area contributed by atoms with Crippen molar-refractivity contribution in [1.82, 2.24) is 14.7 Å². The van der Waals surface area contributed by atoms with Gasteiger partial charge in [-0.25, -0.2) is 4.68 Å². The third-order valence-electron chi connectivity index (χ3n) is 4.93. The molecule has 0 aliphatic heterocycles. The predicted molar refractivity (Wildman–Crippen MR) is 116 cm³/mol. The van der Waals surface area contributed by atoms with Crippen molar-refractivity contribution in [2.45, 2.75) is 13.5 Å². The van der Waals surface area contributed by atoms with Gasteiger partial charge in [-0.05, 0) is 24.6 Å². The van der Waals surface area contributed by atoms with Gasteiger partial charge in [0.15, 0.2) is 0 Å². The van der Waals surface area contributed by atoms with E-state index >= 15 is 0 Å². The van der Waals surface area contributed by atoms with Crippen LogP contribution < -0.4 is 0 Å². The fourth-order valence-electron chi connectivity index (χ4n) is 3.52. The SMILES string of the molecule is Cc1nn(-c2ccccc2)c(-c2ccccc2)c1C(=O)N(C)Cc1ccccc1. The quantitative estimate of drug-likeness (QED) is 0.481. The number of hydrogen-bond acceptors (Lipinski definition) is 2. The second-order valence-electron chi connectivity index (χ2n) is 7.07. The average Bonchev–Trinajstić information content (AvgIpc) is 3.12. The summed E-state index contributed by atoms with van der Waals surface area (Å²) >= 11 is 0. The van der Waals surface area contributed by atoms with Gasteiger partial charge < -0.3 is 4.90 Å². The Kier molecular flexibility index (Phi) is 5.25. The van der Waals surface area contributed by atoms with E-state index in [1.807, 2.05) is 110 Å². The molecule has 0 radical (unpaired) electrons. The maximum Gasteiger partial charge on any atom is 0.258 e. The third-order valence-corrected chi connectivity index (χ3v) is 4.93. The first kappa shape index (κ1) is 18.7. The van der Waals surface area contributed by atoms with Gasteiger partial charge in [0.2, 0.25) is 0 Å². The van der Waals surface area contributed by atoms with E-state index in [1.54, 1.807) is 4.90 Å².